The van der Waals surface area contributed by atoms with E-state index < -0.39 is 44.6 Å². The molecule has 0 saturated heterocycles. The standard InChI is InChI=1S/C10H8Cl4O4/c11-7(15)3-1-2-4(8(12)16)6(10(14)18)5(3)9(13)17/h3-6H,1-2H2. The van der Waals surface area contributed by atoms with Crippen LogP contribution in [0.5, 0.6) is 0 Å². The third kappa shape index (κ3) is 3.23. The SMILES string of the molecule is O=C(Cl)C1CCC(C(=O)Cl)C(C(=O)Cl)C1C(=O)Cl. The predicted octanol–water partition coefficient (Wildman–Crippen LogP) is 2.31. The molecule has 1 fully saturated rings. The first-order valence-electron chi connectivity index (χ1n) is 5.04. The Kier molecular flexibility index (Phi) is 5.59. The minimum atomic E-state index is -1.21. The summed E-state index contributed by atoms with van der Waals surface area (Å²) in [7, 11) is 0. The van der Waals surface area contributed by atoms with Gasteiger partial charge >= 0.3 is 0 Å². The first kappa shape index (κ1) is 15.9. The third-order valence-electron chi connectivity index (χ3n) is 3.15. The molecule has 4 atom stereocenters. The molecule has 0 aliphatic heterocycles. The Labute approximate surface area is 123 Å². The molecule has 0 bridgehead atoms. The summed E-state index contributed by atoms with van der Waals surface area (Å²) in [4.78, 5) is 45.3. The molecule has 1 saturated carbocycles. The lowest BCUT2D eigenvalue weighted by atomic mass is 9.68. The molecule has 0 aromatic rings. The molecular formula is C10H8Cl4O4. The molecule has 0 radical (unpaired) electrons. The second kappa shape index (κ2) is 6.33. The maximum atomic E-state index is 11.4. The van der Waals surface area contributed by atoms with E-state index in [4.69, 9.17) is 46.4 Å². The second-order valence-electron chi connectivity index (χ2n) is 4.06. The zero-order chi connectivity index (χ0) is 14.0. The summed E-state index contributed by atoms with van der Waals surface area (Å²) >= 11 is 21.5. The first-order chi connectivity index (χ1) is 8.27. The van der Waals surface area contributed by atoms with Crippen molar-refractivity contribution in [2.24, 2.45) is 23.7 Å². The minimum Gasteiger partial charge on any atom is -0.281 e. The van der Waals surface area contributed by atoms with Crippen LogP contribution in [-0.4, -0.2) is 21.0 Å². The largest absolute Gasteiger partial charge is 0.281 e. The van der Waals surface area contributed by atoms with Crippen molar-refractivity contribution in [3.8, 4) is 0 Å². The molecule has 0 aromatic carbocycles. The van der Waals surface area contributed by atoms with Gasteiger partial charge in [0.25, 0.3) is 0 Å². The lowest BCUT2D eigenvalue weighted by molar-refractivity contribution is -0.138. The molecule has 1 rings (SSSR count). The fourth-order valence-corrected chi connectivity index (χ4v) is 3.39. The smallest absolute Gasteiger partial charge is 0.226 e. The lowest BCUT2D eigenvalue weighted by Gasteiger charge is -2.36. The number of hydrogen-bond acceptors (Lipinski definition) is 4. The molecule has 0 spiro atoms. The number of carbonyl (C=O) groups excluding carboxylic acids is 4. The molecule has 4 unspecified atom stereocenters. The van der Waals surface area contributed by atoms with Gasteiger partial charge in [-0.2, -0.15) is 0 Å². The highest BCUT2D eigenvalue weighted by Gasteiger charge is 2.50. The van der Waals surface area contributed by atoms with Crippen LogP contribution in [0, 0.1) is 23.7 Å². The van der Waals surface area contributed by atoms with Gasteiger partial charge in [0, 0.05) is 11.8 Å². The Bertz CT molecular complexity index is 371. The summed E-state index contributed by atoms with van der Waals surface area (Å²) in [6.07, 6.45) is 0.324. The molecule has 4 nitrogen and oxygen atoms in total. The van der Waals surface area contributed by atoms with Crippen molar-refractivity contribution in [3.63, 3.8) is 0 Å². The summed E-state index contributed by atoms with van der Waals surface area (Å²) in [6.45, 7) is 0. The van der Waals surface area contributed by atoms with Crippen molar-refractivity contribution >= 4 is 67.4 Å². The van der Waals surface area contributed by atoms with Crippen molar-refractivity contribution < 1.29 is 19.2 Å². The van der Waals surface area contributed by atoms with Gasteiger partial charge in [0.15, 0.2) is 0 Å². The van der Waals surface area contributed by atoms with E-state index in [9.17, 15) is 19.2 Å². The van der Waals surface area contributed by atoms with Crippen LogP contribution in [0.3, 0.4) is 0 Å². The van der Waals surface area contributed by atoms with Gasteiger partial charge in [0.2, 0.25) is 21.0 Å². The van der Waals surface area contributed by atoms with E-state index in [-0.39, 0.29) is 12.8 Å². The van der Waals surface area contributed by atoms with Gasteiger partial charge in [-0.15, -0.1) is 0 Å². The summed E-state index contributed by atoms with van der Waals surface area (Å²) in [5, 5.41) is -3.40. The van der Waals surface area contributed by atoms with Gasteiger partial charge in [0.05, 0.1) is 11.8 Å². The molecule has 1 aliphatic carbocycles. The highest BCUT2D eigenvalue weighted by atomic mass is 35.5. The molecule has 0 aromatic heterocycles. The van der Waals surface area contributed by atoms with Crippen LogP contribution < -0.4 is 0 Å². The number of hydrogen-bond donors (Lipinski definition) is 0. The normalized spacial score (nSPS) is 31.8. The van der Waals surface area contributed by atoms with E-state index in [0.29, 0.717) is 0 Å². The predicted molar refractivity (Wildman–Crippen MR) is 66.6 cm³/mol. The van der Waals surface area contributed by atoms with Gasteiger partial charge in [0.1, 0.15) is 0 Å². The number of halogens is 4. The zero-order valence-electron chi connectivity index (χ0n) is 8.87. The molecular weight excluding hydrogens is 326 g/mol. The molecule has 8 heteroatoms. The third-order valence-corrected chi connectivity index (χ3v) is 4.21. The van der Waals surface area contributed by atoms with E-state index in [2.05, 4.69) is 0 Å². The summed E-state index contributed by atoms with van der Waals surface area (Å²) in [5.41, 5.74) is 0. The van der Waals surface area contributed by atoms with Crippen LogP contribution in [-0.2, 0) is 19.2 Å². The highest BCUT2D eigenvalue weighted by Crippen LogP contribution is 2.43. The summed E-state index contributed by atoms with van der Waals surface area (Å²) < 4.78 is 0. The van der Waals surface area contributed by atoms with E-state index in [1.54, 1.807) is 0 Å². The Morgan fingerprint density at radius 3 is 1.06 bits per heavy atom. The van der Waals surface area contributed by atoms with Gasteiger partial charge in [-0.25, -0.2) is 0 Å². The van der Waals surface area contributed by atoms with E-state index in [1.165, 1.54) is 0 Å². The maximum absolute atomic E-state index is 11.4. The monoisotopic (exact) mass is 332 g/mol. The van der Waals surface area contributed by atoms with Crippen LogP contribution in [0.1, 0.15) is 12.8 Å². The van der Waals surface area contributed by atoms with Gasteiger partial charge in [-0.1, -0.05) is 0 Å². The fourth-order valence-electron chi connectivity index (χ4n) is 2.33. The average molecular weight is 334 g/mol. The number of carbonyl (C=O) groups is 4. The fraction of sp³-hybridized carbons (Fsp3) is 0.600. The van der Waals surface area contributed by atoms with E-state index in [1.807, 2.05) is 0 Å². The Morgan fingerprint density at radius 2 is 0.889 bits per heavy atom. The van der Waals surface area contributed by atoms with Gasteiger partial charge in [-0.05, 0) is 59.2 Å². The van der Waals surface area contributed by atoms with Crippen molar-refractivity contribution in [1.82, 2.24) is 0 Å². The second-order valence-corrected chi connectivity index (χ2v) is 5.55. The lowest BCUT2D eigenvalue weighted by Crippen LogP contribution is -2.44. The van der Waals surface area contributed by atoms with E-state index >= 15 is 0 Å². The van der Waals surface area contributed by atoms with Crippen molar-refractivity contribution in [3.05, 3.63) is 0 Å². The topological polar surface area (TPSA) is 68.3 Å². The van der Waals surface area contributed by atoms with Crippen molar-refractivity contribution in [2.75, 3.05) is 0 Å². The van der Waals surface area contributed by atoms with Crippen molar-refractivity contribution in [1.29, 1.82) is 0 Å². The van der Waals surface area contributed by atoms with Crippen LogP contribution in [0.2, 0.25) is 0 Å². The van der Waals surface area contributed by atoms with Crippen LogP contribution in [0.4, 0.5) is 0 Å². The molecule has 18 heavy (non-hydrogen) atoms. The summed E-state index contributed by atoms with van der Waals surface area (Å²) in [5.74, 6) is -4.25. The number of rotatable bonds is 4. The van der Waals surface area contributed by atoms with Gasteiger partial charge < -0.3 is 0 Å². The first-order valence-corrected chi connectivity index (χ1v) is 6.56. The quantitative estimate of drug-likeness (QED) is 0.740. The molecule has 0 amide bonds. The highest BCUT2D eigenvalue weighted by molar-refractivity contribution is 6.69. The Balaban J connectivity index is 3.18. The molecule has 100 valence electrons. The van der Waals surface area contributed by atoms with Crippen LogP contribution in [0.25, 0.3) is 0 Å². The molecule has 1 aliphatic rings. The average Bonchev–Trinajstić information content (AvgIpc) is 2.26. The molecule has 0 heterocycles. The minimum absolute atomic E-state index is 0.162. The molecule has 0 N–H and O–H groups in total. The van der Waals surface area contributed by atoms with Crippen molar-refractivity contribution in [2.45, 2.75) is 12.8 Å². The Morgan fingerprint density at radius 1 is 0.611 bits per heavy atom. The maximum Gasteiger partial charge on any atom is 0.226 e. The van der Waals surface area contributed by atoms with E-state index in [0.717, 1.165) is 0 Å². The van der Waals surface area contributed by atoms with Crippen LogP contribution in [0.15, 0.2) is 0 Å². The Hall–Kier alpha value is -0.160. The zero-order valence-corrected chi connectivity index (χ0v) is 11.9. The van der Waals surface area contributed by atoms with Gasteiger partial charge in [-0.3, -0.25) is 19.2 Å². The van der Waals surface area contributed by atoms with Crippen LogP contribution >= 0.6 is 46.4 Å². The summed E-state index contributed by atoms with van der Waals surface area (Å²) in [6, 6.07) is 0.